The lowest BCUT2D eigenvalue weighted by Gasteiger charge is -2.24. The van der Waals surface area contributed by atoms with Crippen molar-refractivity contribution < 1.29 is 13.9 Å². The third-order valence-electron chi connectivity index (χ3n) is 4.93. The molecule has 1 aliphatic rings. The molecule has 4 rings (SSSR count). The van der Waals surface area contributed by atoms with Crippen LogP contribution in [0.25, 0.3) is 10.9 Å². The number of aromatic nitrogens is 1. The van der Waals surface area contributed by atoms with E-state index in [1.54, 1.807) is 17.8 Å². The Morgan fingerprint density at radius 2 is 2.11 bits per heavy atom. The van der Waals surface area contributed by atoms with Crippen LogP contribution in [-0.2, 0) is 22.5 Å². The smallest absolute Gasteiger partial charge is 0.309 e. The van der Waals surface area contributed by atoms with E-state index in [2.05, 4.69) is 20.5 Å². The maximum Gasteiger partial charge on any atom is 0.309 e. The summed E-state index contributed by atoms with van der Waals surface area (Å²) in [5, 5.41) is 1.65. The van der Waals surface area contributed by atoms with E-state index in [4.69, 9.17) is 16.3 Å². The molecule has 1 aromatic heterocycles. The summed E-state index contributed by atoms with van der Waals surface area (Å²) in [4.78, 5) is 14.4. The Kier molecular flexibility index (Phi) is 5.72. The van der Waals surface area contributed by atoms with E-state index >= 15 is 0 Å². The van der Waals surface area contributed by atoms with E-state index in [9.17, 15) is 9.18 Å². The second-order valence-corrected chi connectivity index (χ2v) is 9.08. The average Bonchev–Trinajstić information content (AvgIpc) is 2.97. The predicted octanol–water partition coefficient (Wildman–Crippen LogP) is 6.47. The van der Waals surface area contributed by atoms with Crippen molar-refractivity contribution in [2.45, 2.75) is 36.1 Å². The first-order chi connectivity index (χ1) is 13.5. The van der Waals surface area contributed by atoms with Gasteiger partial charge in [0.25, 0.3) is 0 Å². The molecule has 0 bridgehead atoms. The number of hydrogen-bond acceptors (Lipinski definition) is 3. The molecule has 0 N–H and O–H groups in total. The Morgan fingerprint density at radius 3 is 2.82 bits per heavy atom. The second-order valence-electron chi connectivity index (χ2n) is 6.71. The Labute approximate surface area is 180 Å². The molecule has 0 radical (unpaired) electrons. The van der Waals surface area contributed by atoms with Crippen LogP contribution in [0.15, 0.2) is 50.7 Å². The molecule has 3 aromatic rings. The van der Waals surface area contributed by atoms with Crippen LogP contribution in [0, 0.1) is 11.7 Å². The van der Waals surface area contributed by atoms with Gasteiger partial charge in [-0.1, -0.05) is 23.4 Å². The first-order valence-electron chi connectivity index (χ1n) is 9.08. The van der Waals surface area contributed by atoms with Crippen molar-refractivity contribution in [2.24, 2.45) is 5.92 Å². The van der Waals surface area contributed by atoms with Gasteiger partial charge in [0.1, 0.15) is 5.82 Å². The molecule has 28 heavy (non-hydrogen) atoms. The fourth-order valence-corrected chi connectivity index (χ4v) is 5.69. The minimum atomic E-state index is -0.282. The Hall–Kier alpha value is -1.50. The zero-order valence-corrected chi connectivity index (χ0v) is 18.3. The highest BCUT2D eigenvalue weighted by molar-refractivity contribution is 9.10. The van der Waals surface area contributed by atoms with Crippen LogP contribution in [-0.4, -0.2) is 17.1 Å². The fourth-order valence-electron chi connectivity index (χ4n) is 3.68. The molecular weight excluding hydrogens is 465 g/mol. The van der Waals surface area contributed by atoms with Gasteiger partial charge in [-0.25, -0.2) is 4.39 Å². The average molecular weight is 483 g/mol. The maximum absolute atomic E-state index is 14.1. The molecule has 0 aliphatic carbocycles. The summed E-state index contributed by atoms with van der Waals surface area (Å²) in [5.74, 6) is -0.619. The third kappa shape index (κ3) is 3.70. The number of benzene rings is 2. The summed E-state index contributed by atoms with van der Waals surface area (Å²) in [6.45, 7) is 2.85. The van der Waals surface area contributed by atoms with E-state index in [0.29, 0.717) is 35.5 Å². The van der Waals surface area contributed by atoms with Crippen LogP contribution in [0.4, 0.5) is 4.39 Å². The normalized spacial score (nSPS) is 16.2. The molecule has 2 aromatic carbocycles. The van der Waals surface area contributed by atoms with Gasteiger partial charge in [-0.05, 0) is 65.7 Å². The van der Waals surface area contributed by atoms with Gasteiger partial charge in [-0.3, -0.25) is 4.79 Å². The topological polar surface area (TPSA) is 31.2 Å². The Morgan fingerprint density at radius 1 is 1.36 bits per heavy atom. The number of carbonyl (C=O) groups is 1. The second kappa shape index (κ2) is 8.09. The van der Waals surface area contributed by atoms with Crippen molar-refractivity contribution in [1.29, 1.82) is 0 Å². The van der Waals surface area contributed by atoms with Gasteiger partial charge < -0.3 is 9.30 Å². The number of halogens is 3. The zero-order valence-electron chi connectivity index (χ0n) is 15.2. The molecule has 1 atom stereocenters. The number of rotatable bonds is 4. The summed E-state index contributed by atoms with van der Waals surface area (Å²) < 4.78 is 22.2. The maximum atomic E-state index is 14.1. The van der Waals surface area contributed by atoms with Gasteiger partial charge in [0.15, 0.2) is 0 Å². The lowest BCUT2D eigenvalue weighted by atomic mass is 9.96. The molecule has 0 saturated heterocycles. The first-order valence-corrected chi connectivity index (χ1v) is 11.1. The lowest BCUT2D eigenvalue weighted by Crippen LogP contribution is -2.27. The molecule has 1 aliphatic heterocycles. The molecule has 0 amide bonds. The summed E-state index contributed by atoms with van der Waals surface area (Å²) in [5.41, 5.74) is 1.89. The standard InChI is InChI=1S/C21H18BrClFNO2S/c1-2-27-21(26)12-7-8-25-17-11-14(24)10-16(22)19(17)20(18(25)9-12)28-15-5-3-13(23)4-6-15/h3-6,10-12H,2,7-9H2,1H3. The van der Waals surface area contributed by atoms with Crippen molar-refractivity contribution in [3.8, 4) is 0 Å². The van der Waals surface area contributed by atoms with Gasteiger partial charge in [-0.2, -0.15) is 0 Å². The Balaban J connectivity index is 1.83. The quantitative estimate of drug-likeness (QED) is 0.399. The van der Waals surface area contributed by atoms with Crippen LogP contribution in [0.2, 0.25) is 5.02 Å². The molecule has 146 valence electrons. The number of aryl methyl sites for hydroxylation is 1. The van der Waals surface area contributed by atoms with E-state index in [0.717, 1.165) is 26.4 Å². The van der Waals surface area contributed by atoms with Crippen molar-refractivity contribution in [1.82, 2.24) is 4.57 Å². The minimum absolute atomic E-state index is 0.160. The summed E-state index contributed by atoms with van der Waals surface area (Å²) in [6, 6.07) is 10.7. The molecule has 0 saturated carbocycles. The van der Waals surface area contributed by atoms with Crippen molar-refractivity contribution in [2.75, 3.05) is 6.61 Å². The van der Waals surface area contributed by atoms with Crippen molar-refractivity contribution >= 4 is 56.2 Å². The Bertz CT molecular complexity index is 1050. The van der Waals surface area contributed by atoms with Gasteiger partial charge in [-0.15, -0.1) is 0 Å². The van der Waals surface area contributed by atoms with Crippen molar-refractivity contribution in [3.63, 3.8) is 0 Å². The highest BCUT2D eigenvalue weighted by Gasteiger charge is 2.31. The number of fused-ring (bicyclic) bond motifs is 3. The lowest BCUT2D eigenvalue weighted by molar-refractivity contribution is -0.148. The zero-order chi connectivity index (χ0) is 19.8. The van der Waals surface area contributed by atoms with Crippen LogP contribution < -0.4 is 0 Å². The van der Waals surface area contributed by atoms with E-state index in [1.807, 2.05) is 31.2 Å². The minimum Gasteiger partial charge on any atom is -0.466 e. The first kappa shape index (κ1) is 19.8. The highest BCUT2D eigenvalue weighted by Crippen LogP contribution is 2.44. The van der Waals surface area contributed by atoms with Gasteiger partial charge >= 0.3 is 5.97 Å². The number of carbonyl (C=O) groups excluding carboxylic acids is 1. The summed E-state index contributed by atoms with van der Waals surface area (Å²) in [6.07, 6.45) is 1.27. The van der Waals surface area contributed by atoms with Crippen LogP contribution in [0.1, 0.15) is 19.0 Å². The number of nitrogens with zero attached hydrogens (tertiary/aromatic N) is 1. The SMILES string of the molecule is CCOC(=O)C1CCn2c(c(Sc3ccc(Cl)cc3)c3c(Br)cc(F)cc32)C1. The van der Waals surface area contributed by atoms with E-state index in [-0.39, 0.29) is 17.7 Å². The molecule has 0 fully saturated rings. The summed E-state index contributed by atoms with van der Waals surface area (Å²) in [7, 11) is 0. The largest absolute Gasteiger partial charge is 0.466 e. The third-order valence-corrected chi connectivity index (χ3v) is 6.96. The van der Waals surface area contributed by atoms with Gasteiger partial charge in [0.2, 0.25) is 0 Å². The van der Waals surface area contributed by atoms with E-state index in [1.165, 1.54) is 6.07 Å². The predicted molar refractivity (Wildman–Crippen MR) is 114 cm³/mol. The molecular formula is C21H18BrClFNO2S. The van der Waals surface area contributed by atoms with Crippen LogP contribution >= 0.6 is 39.3 Å². The van der Waals surface area contributed by atoms with Crippen molar-refractivity contribution in [3.05, 3.63) is 57.4 Å². The number of hydrogen-bond donors (Lipinski definition) is 0. The van der Waals surface area contributed by atoms with E-state index < -0.39 is 0 Å². The fraction of sp³-hybridized carbons (Fsp3) is 0.286. The molecule has 7 heteroatoms. The monoisotopic (exact) mass is 481 g/mol. The molecule has 2 heterocycles. The number of esters is 1. The molecule has 0 spiro atoms. The van der Waals surface area contributed by atoms with Gasteiger partial charge in [0.05, 0.1) is 18.0 Å². The number of ether oxygens (including phenoxy) is 1. The van der Waals surface area contributed by atoms with Crippen LogP contribution in [0.5, 0.6) is 0 Å². The molecule has 3 nitrogen and oxygen atoms in total. The van der Waals surface area contributed by atoms with Gasteiger partial charge in [0, 0.05) is 43.3 Å². The summed E-state index contributed by atoms with van der Waals surface area (Å²) >= 11 is 11.2. The van der Waals surface area contributed by atoms with Crippen LogP contribution in [0.3, 0.4) is 0 Å². The highest BCUT2D eigenvalue weighted by atomic mass is 79.9. The molecule has 1 unspecified atom stereocenters.